The molecule has 1 aliphatic heterocycles. The standard InChI is InChI=1S/C17H24O4/c1-15(2,14(18)19)12-9-7-11(8-10-12)13-20-16(3,4)17(5,6)21-13/h7-10,13H,1-6H3,(H,18,19). The molecule has 1 N–H and O–H groups in total. The van der Waals surface area contributed by atoms with Crippen molar-refractivity contribution in [3.05, 3.63) is 35.4 Å². The molecule has 1 heterocycles. The van der Waals surface area contributed by atoms with Crippen molar-refractivity contribution in [3.8, 4) is 0 Å². The lowest BCUT2D eigenvalue weighted by molar-refractivity contribution is -0.142. The molecule has 0 radical (unpaired) electrons. The molecule has 21 heavy (non-hydrogen) atoms. The summed E-state index contributed by atoms with van der Waals surface area (Å²) in [5, 5.41) is 9.26. The topological polar surface area (TPSA) is 55.8 Å². The van der Waals surface area contributed by atoms with Crippen LogP contribution in [0, 0.1) is 0 Å². The zero-order chi connectivity index (χ0) is 16.1. The molecule has 4 heteroatoms. The molecule has 0 amide bonds. The molecule has 0 spiro atoms. The Bertz CT molecular complexity index is 524. The van der Waals surface area contributed by atoms with Crippen molar-refractivity contribution in [2.24, 2.45) is 0 Å². The number of rotatable bonds is 3. The van der Waals surface area contributed by atoms with Crippen LogP contribution < -0.4 is 0 Å². The zero-order valence-electron chi connectivity index (χ0n) is 13.6. The Kier molecular flexibility index (Phi) is 3.67. The summed E-state index contributed by atoms with van der Waals surface area (Å²) in [5.41, 5.74) is -0.00389. The Balaban J connectivity index is 2.24. The van der Waals surface area contributed by atoms with Gasteiger partial charge < -0.3 is 14.6 Å². The van der Waals surface area contributed by atoms with E-state index in [4.69, 9.17) is 9.47 Å². The van der Waals surface area contributed by atoms with Crippen LogP contribution in [0.1, 0.15) is 59.0 Å². The molecule has 1 aromatic rings. The molecule has 4 nitrogen and oxygen atoms in total. The number of carboxylic acids is 1. The van der Waals surface area contributed by atoms with Crippen LogP contribution in [0.25, 0.3) is 0 Å². The summed E-state index contributed by atoms with van der Waals surface area (Å²) in [7, 11) is 0. The number of carbonyl (C=O) groups is 1. The zero-order valence-corrected chi connectivity index (χ0v) is 13.6. The van der Waals surface area contributed by atoms with Crippen molar-refractivity contribution in [1.29, 1.82) is 0 Å². The fourth-order valence-corrected chi connectivity index (χ4v) is 2.16. The Labute approximate surface area is 126 Å². The molecule has 0 aliphatic carbocycles. The van der Waals surface area contributed by atoms with E-state index in [-0.39, 0.29) is 11.2 Å². The number of carboxylic acid groups (broad SMARTS) is 1. The van der Waals surface area contributed by atoms with Gasteiger partial charge in [0.05, 0.1) is 16.6 Å². The van der Waals surface area contributed by atoms with Crippen LogP contribution in [0.5, 0.6) is 0 Å². The van der Waals surface area contributed by atoms with Gasteiger partial charge in [0.2, 0.25) is 0 Å². The van der Waals surface area contributed by atoms with Gasteiger partial charge >= 0.3 is 5.97 Å². The highest BCUT2D eigenvalue weighted by atomic mass is 16.7. The van der Waals surface area contributed by atoms with E-state index in [1.807, 2.05) is 52.0 Å². The third-order valence-corrected chi connectivity index (χ3v) is 4.69. The molecule has 1 aliphatic rings. The van der Waals surface area contributed by atoms with Crippen molar-refractivity contribution in [2.45, 2.75) is 64.4 Å². The first-order chi connectivity index (χ1) is 9.47. The summed E-state index contributed by atoms with van der Waals surface area (Å²) in [6.07, 6.45) is -0.419. The van der Waals surface area contributed by atoms with E-state index >= 15 is 0 Å². The summed E-state index contributed by atoms with van der Waals surface area (Å²) in [4.78, 5) is 11.3. The third-order valence-electron chi connectivity index (χ3n) is 4.69. The van der Waals surface area contributed by atoms with Crippen LogP contribution in [0.2, 0.25) is 0 Å². The van der Waals surface area contributed by atoms with Crippen molar-refractivity contribution in [3.63, 3.8) is 0 Å². The van der Waals surface area contributed by atoms with Crippen molar-refractivity contribution in [1.82, 2.24) is 0 Å². The van der Waals surface area contributed by atoms with Crippen LogP contribution in [0.3, 0.4) is 0 Å². The highest BCUT2D eigenvalue weighted by Gasteiger charge is 2.49. The molecule has 1 aromatic carbocycles. The largest absolute Gasteiger partial charge is 0.481 e. The Hall–Kier alpha value is -1.39. The maximum absolute atomic E-state index is 11.3. The van der Waals surface area contributed by atoms with Gasteiger partial charge in [-0.1, -0.05) is 24.3 Å². The number of benzene rings is 1. The second-order valence-electron chi connectivity index (χ2n) is 7.14. The van der Waals surface area contributed by atoms with E-state index in [0.29, 0.717) is 0 Å². The van der Waals surface area contributed by atoms with Gasteiger partial charge in [0.15, 0.2) is 6.29 Å². The SMILES string of the molecule is CC(C)(C(=O)O)c1ccc(C2OC(C)(C)C(C)(C)O2)cc1. The average Bonchev–Trinajstić information content (AvgIpc) is 2.58. The minimum Gasteiger partial charge on any atom is -0.481 e. The van der Waals surface area contributed by atoms with E-state index in [0.717, 1.165) is 11.1 Å². The van der Waals surface area contributed by atoms with Gasteiger partial charge in [-0.3, -0.25) is 4.79 Å². The summed E-state index contributed by atoms with van der Waals surface area (Å²) < 4.78 is 12.0. The van der Waals surface area contributed by atoms with Crippen LogP contribution in [0.15, 0.2) is 24.3 Å². The summed E-state index contributed by atoms with van der Waals surface area (Å²) in [6, 6.07) is 7.41. The first-order valence-corrected chi connectivity index (χ1v) is 7.17. The van der Waals surface area contributed by atoms with Gasteiger partial charge in [0.25, 0.3) is 0 Å². The first kappa shape index (κ1) is 16.0. The molecular weight excluding hydrogens is 268 g/mol. The highest BCUT2D eigenvalue weighted by Crippen LogP contribution is 2.44. The molecule has 0 atom stereocenters. The van der Waals surface area contributed by atoms with E-state index in [1.165, 1.54) is 0 Å². The molecule has 1 fully saturated rings. The van der Waals surface area contributed by atoms with Crippen LogP contribution in [0.4, 0.5) is 0 Å². The summed E-state index contributed by atoms with van der Waals surface area (Å²) in [6.45, 7) is 11.4. The van der Waals surface area contributed by atoms with Crippen molar-refractivity contribution < 1.29 is 19.4 Å². The second-order valence-corrected chi connectivity index (χ2v) is 7.14. The van der Waals surface area contributed by atoms with Gasteiger partial charge in [-0.15, -0.1) is 0 Å². The summed E-state index contributed by atoms with van der Waals surface area (Å²) in [5.74, 6) is -0.842. The van der Waals surface area contributed by atoms with Crippen LogP contribution >= 0.6 is 0 Å². The molecule has 0 unspecified atom stereocenters. The molecule has 0 bridgehead atoms. The molecule has 116 valence electrons. The quantitative estimate of drug-likeness (QED) is 0.924. The molecule has 0 saturated carbocycles. The fourth-order valence-electron chi connectivity index (χ4n) is 2.16. The molecular formula is C17H24O4. The molecule has 2 rings (SSSR count). The normalized spacial score (nSPS) is 21.4. The minimum atomic E-state index is -0.908. The van der Waals surface area contributed by atoms with Crippen molar-refractivity contribution in [2.75, 3.05) is 0 Å². The highest BCUT2D eigenvalue weighted by molar-refractivity contribution is 5.80. The lowest BCUT2D eigenvalue weighted by atomic mass is 9.84. The predicted molar refractivity (Wildman–Crippen MR) is 80.2 cm³/mol. The van der Waals surface area contributed by atoms with E-state index in [9.17, 15) is 9.90 Å². The van der Waals surface area contributed by atoms with Crippen molar-refractivity contribution >= 4 is 5.97 Å². The lowest BCUT2D eigenvalue weighted by Crippen LogP contribution is -2.41. The average molecular weight is 292 g/mol. The van der Waals surface area contributed by atoms with E-state index in [1.54, 1.807) is 13.8 Å². The third kappa shape index (κ3) is 2.70. The monoisotopic (exact) mass is 292 g/mol. The first-order valence-electron chi connectivity index (χ1n) is 7.17. The number of aliphatic carboxylic acids is 1. The maximum atomic E-state index is 11.3. The fraction of sp³-hybridized carbons (Fsp3) is 0.588. The van der Waals surface area contributed by atoms with Gasteiger partial charge in [0, 0.05) is 5.56 Å². The Morgan fingerprint density at radius 3 is 1.86 bits per heavy atom. The van der Waals surface area contributed by atoms with Gasteiger partial charge in [-0.25, -0.2) is 0 Å². The van der Waals surface area contributed by atoms with Gasteiger partial charge in [-0.05, 0) is 47.1 Å². The number of hydrogen-bond donors (Lipinski definition) is 1. The molecule has 1 saturated heterocycles. The smallest absolute Gasteiger partial charge is 0.313 e. The second kappa shape index (κ2) is 4.82. The van der Waals surface area contributed by atoms with E-state index < -0.39 is 17.7 Å². The summed E-state index contributed by atoms with van der Waals surface area (Å²) >= 11 is 0. The predicted octanol–water partition coefficient (Wildman–Crippen LogP) is 3.65. The van der Waals surface area contributed by atoms with Gasteiger partial charge in [-0.2, -0.15) is 0 Å². The van der Waals surface area contributed by atoms with E-state index in [2.05, 4.69) is 0 Å². The minimum absolute atomic E-state index is 0.378. The molecule has 0 aromatic heterocycles. The van der Waals surface area contributed by atoms with Crippen LogP contribution in [-0.4, -0.2) is 22.3 Å². The van der Waals surface area contributed by atoms with Crippen LogP contribution in [-0.2, 0) is 19.7 Å². The Morgan fingerprint density at radius 2 is 1.48 bits per heavy atom. The lowest BCUT2D eigenvalue weighted by Gasteiger charge is -2.30. The Morgan fingerprint density at radius 1 is 1.05 bits per heavy atom. The number of hydrogen-bond acceptors (Lipinski definition) is 3. The van der Waals surface area contributed by atoms with Gasteiger partial charge in [0.1, 0.15) is 0 Å². The maximum Gasteiger partial charge on any atom is 0.313 e. The number of ether oxygens (including phenoxy) is 2.